The monoisotopic (exact) mass is 375 g/mol. The Balaban J connectivity index is 1.60. The summed E-state index contributed by atoms with van der Waals surface area (Å²) in [5, 5.41) is 9.21. The summed E-state index contributed by atoms with van der Waals surface area (Å²) in [4.78, 5) is 17.8. The lowest BCUT2D eigenvalue weighted by Crippen LogP contribution is -2.13. The van der Waals surface area contributed by atoms with E-state index in [0.717, 1.165) is 23.5 Å². The quantitative estimate of drug-likeness (QED) is 0.705. The highest BCUT2D eigenvalue weighted by Gasteiger charge is 2.29. The maximum absolute atomic E-state index is 12.6. The van der Waals surface area contributed by atoms with Gasteiger partial charge >= 0.3 is 0 Å². The SMILES string of the molecule is COc1ccc(Cl)cc1C(=O)Nc1ccsc1-c1nc(C2CC2)no1. The fourth-order valence-corrected chi connectivity index (χ4v) is 3.40. The first-order valence-electron chi connectivity index (χ1n) is 7.72. The first kappa shape index (κ1) is 16.1. The van der Waals surface area contributed by atoms with E-state index < -0.39 is 0 Å². The highest BCUT2D eigenvalue weighted by Crippen LogP contribution is 2.40. The van der Waals surface area contributed by atoms with Crippen LogP contribution in [0.5, 0.6) is 5.75 Å². The Bertz CT molecular complexity index is 933. The molecule has 1 N–H and O–H groups in total. The summed E-state index contributed by atoms with van der Waals surface area (Å²) in [7, 11) is 1.51. The van der Waals surface area contributed by atoms with E-state index in [2.05, 4.69) is 15.5 Å². The van der Waals surface area contributed by atoms with E-state index in [-0.39, 0.29) is 5.91 Å². The summed E-state index contributed by atoms with van der Waals surface area (Å²) in [5.74, 6) is 1.70. The van der Waals surface area contributed by atoms with Gasteiger partial charge < -0.3 is 14.6 Å². The number of methoxy groups -OCH3 is 1. The number of carbonyl (C=O) groups is 1. The molecule has 3 aromatic rings. The van der Waals surface area contributed by atoms with E-state index in [4.69, 9.17) is 20.9 Å². The molecule has 128 valence electrons. The summed E-state index contributed by atoms with van der Waals surface area (Å²) >= 11 is 7.43. The Morgan fingerprint density at radius 1 is 1.40 bits per heavy atom. The van der Waals surface area contributed by atoms with Crippen molar-refractivity contribution in [3.05, 3.63) is 46.1 Å². The lowest BCUT2D eigenvalue weighted by Gasteiger charge is -2.09. The predicted octanol–water partition coefficient (Wildman–Crippen LogP) is 4.59. The summed E-state index contributed by atoms with van der Waals surface area (Å²) in [6.45, 7) is 0. The van der Waals surface area contributed by atoms with Crippen molar-refractivity contribution >= 4 is 34.5 Å². The highest BCUT2D eigenvalue weighted by atomic mass is 35.5. The van der Waals surface area contributed by atoms with Crippen molar-refractivity contribution in [2.45, 2.75) is 18.8 Å². The normalized spacial score (nSPS) is 13.7. The number of carbonyl (C=O) groups excluding carboxylic acids is 1. The molecule has 1 fully saturated rings. The smallest absolute Gasteiger partial charge is 0.270 e. The second-order valence-electron chi connectivity index (χ2n) is 5.69. The number of anilines is 1. The Morgan fingerprint density at radius 3 is 3.00 bits per heavy atom. The van der Waals surface area contributed by atoms with Crippen LogP contribution in [0.15, 0.2) is 34.2 Å². The van der Waals surface area contributed by atoms with Crippen LogP contribution in [0.4, 0.5) is 5.69 Å². The maximum Gasteiger partial charge on any atom is 0.270 e. The van der Waals surface area contributed by atoms with Crippen LogP contribution in [0, 0.1) is 0 Å². The van der Waals surface area contributed by atoms with Gasteiger partial charge in [-0.3, -0.25) is 4.79 Å². The summed E-state index contributed by atoms with van der Waals surface area (Å²) in [6, 6.07) is 6.70. The van der Waals surface area contributed by atoms with Crippen LogP contribution in [-0.4, -0.2) is 23.2 Å². The summed E-state index contributed by atoms with van der Waals surface area (Å²) in [5.41, 5.74) is 0.972. The van der Waals surface area contributed by atoms with Gasteiger partial charge in [-0.1, -0.05) is 16.8 Å². The number of aromatic nitrogens is 2. The number of thiophene rings is 1. The van der Waals surface area contributed by atoms with Crippen molar-refractivity contribution in [1.82, 2.24) is 10.1 Å². The number of halogens is 1. The topological polar surface area (TPSA) is 77.2 Å². The molecule has 2 aromatic heterocycles. The predicted molar refractivity (Wildman–Crippen MR) is 95.5 cm³/mol. The van der Waals surface area contributed by atoms with Gasteiger partial charge in [0, 0.05) is 10.9 Å². The van der Waals surface area contributed by atoms with Crippen LogP contribution in [0.1, 0.15) is 34.9 Å². The number of ether oxygens (including phenoxy) is 1. The number of rotatable bonds is 5. The maximum atomic E-state index is 12.6. The van der Waals surface area contributed by atoms with Crippen LogP contribution in [0.25, 0.3) is 10.8 Å². The van der Waals surface area contributed by atoms with E-state index in [1.807, 2.05) is 5.38 Å². The molecular weight excluding hydrogens is 362 g/mol. The number of amides is 1. The second kappa shape index (κ2) is 6.50. The van der Waals surface area contributed by atoms with Crippen molar-refractivity contribution in [3.8, 4) is 16.5 Å². The number of hydrogen-bond donors (Lipinski definition) is 1. The molecule has 8 heteroatoms. The number of hydrogen-bond acceptors (Lipinski definition) is 6. The minimum atomic E-state index is -0.319. The molecule has 1 amide bonds. The zero-order chi connectivity index (χ0) is 17.4. The Hall–Kier alpha value is -2.38. The van der Waals surface area contributed by atoms with Crippen molar-refractivity contribution < 1.29 is 14.1 Å². The minimum Gasteiger partial charge on any atom is -0.496 e. The van der Waals surface area contributed by atoms with Crippen LogP contribution >= 0.6 is 22.9 Å². The van der Waals surface area contributed by atoms with Crippen LogP contribution in [0.3, 0.4) is 0 Å². The van der Waals surface area contributed by atoms with Gasteiger partial charge in [0.15, 0.2) is 5.82 Å². The zero-order valence-corrected chi connectivity index (χ0v) is 14.9. The molecule has 0 bridgehead atoms. The molecule has 1 aromatic carbocycles. The van der Waals surface area contributed by atoms with Gasteiger partial charge in [0.1, 0.15) is 10.6 Å². The largest absolute Gasteiger partial charge is 0.496 e. The average molecular weight is 376 g/mol. The van der Waals surface area contributed by atoms with Crippen molar-refractivity contribution in [2.24, 2.45) is 0 Å². The molecule has 1 aliphatic carbocycles. The van der Waals surface area contributed by atoms with Crippen LogP contribution in [0.2, 0.25) is 5.02 Å². The zero-order valence-electron chi connectivity index (χ0n) is 13.3. The first-order chi connectivity index (χ1) is 12.2. The van der Waals surface area contributed by atoms with Gasteiger partial charge in [0.25, 0.3) is 11.8 Å². The fourth-order valence-electron chi connectivity index (χ4n) is 2.46. The molecule has 0 spiro atoms. The standard InChI is InChI=1S/C17H14ClN3O3S/c1-23-13-5-4-10(18)8-11(13)16(22)19-12-6-7-25-14(12)17-20-15(21-24-17)9-2-3-9/h4-9H,2-3H2,1H3,(H,19,22). The van der Waals surface area contributed by atoms with Gasteiger partial charge in [0.05, 0.1) is 18.4 Å². The van der Waals surface area contributed by atoms with E-state index >= 15 is 0 Å². The van der Waals surface area contributed by atoms with Gasteiger partial charge in [-0.25, -0.2) is 0 Å². The minimum absolute atomic E-state index is 0.319. The molecule has 0 atom stereocenters. The van der Waals surface area contributed by atoms with Gasteiger partial charge in [0.2, 0.25) is 0 Å². The molecular formula is C17H14ClN3O3S. The summed E-state index contributed by atoms with van der Waals surface area (Å²) < 4.78 is 10.6. The van der Waals surface area contributed by atoms with Gasteiger partial charge in [-0.15, -0.1) is 11.3 Å². The molecule has 6 nitrogen and oxygen atoms in total. The molecule has 1 saturated carbocycles. The third kappa shape index (κ3) is 3.25. The average Bonchev–Trinajstić information content (AvgIpc) is 3.16. The number of nitrogens with one attached hydrogen (secondary N) is 1. The van der Waals surface area contributed by atoms with Crippen LogP contribution < -0.4 is 10.1 Å². The third-order valence-corrected chi connectivity index (χ3v) is 5.04. The molecule has 0 unspecified atom stereocenters. The van der Waals surface area contributed by atoms with Crippen LogP contribution in [-0.2, 0) is 0 Å². The molecule has 2 heterocycles. The molecule has 0 radical (unpaired) electrons. The second-order valence-corrected chi connectivity index (χ2v) is 7.05. The molecule has 0 saturated heterocycles. The lowest BCUT2D eigenvalue weighted by molar-refractivity contribution is 0.102. The molecule has 1 aliphatic rings. The lowest BCUT2D eigenvalue weighted by atomic mass is 10.2. The molecule has 25 heavy (non-hydrogen) atoms. The highest BCUT2D eigenvalue weighted by molar-refractivity contribution is 7.14. The van der Waals surface area contributed by atoms with Gasteiger partial charge in [-0.05, 0) is 42.5 Å². The fraction of sp³-hybridized carbons (Fsp3) is 0.235. The van der Waals surface area contributed by atoms with Gasteiger partial charge in [-0.2, -0.15) is 4.98 Å². The van der Waals surface area contributed by atoms with E-state index in [1.54, 1.807) is 24.3 Å². The molecule has 4 rings (SSSR count). The summed E-state index contributed by atoms with van der Waals surface area (Å²) in [6.07, 6.45) is 2.20. The van der Waals surface area contributed by atoms with Crippen molar-refractivity contribution in [3.63, 3.8) is 0 Å². The van der Waals surface area contributed by atoms with E-state index in [0.29, 0.717) is 33.8 Å². The molecule has 0 aliphatic heterocycles. The van der Waals surface area contributed by atoms with Crippen molar-refractivity contribution in [1.29, 1.82) is 0 Å². The number of nitrogens with zero attached hydrogens (tertiary/aromatic N) is 2. The Labute approximate surface area is 152 Å². The van der Waals surface area contributed by atoms with Crippen molar-refractivity contribution in [2.75, 3.05) is 12.4 Å². The third-order valence-electron chi connectivity index (χ3n) is 3.90. The number of benzene rings is 1. The van der Waals surface area contributed by atoms with E-state index in [9.17, 15) is 4.79 Å². The Morgan fingerprint density at radius 2 is 2.24 bits per heavy atom. The Kier molecular flexibility index (Phi) is 4.19. The van der Waals surface area contributed by atoms with E-state index in [1.165, 1.54) is 18.4 Å². The first-order valence-corrected chi connectivity index (χ1v) is 8.98.